The lowest BCUT2D eigenvalue weighted by molar-refractivity contribution is 0.0863. The highest BCUT2D eigenvalue weighted by Crippen LogP contribution is 2.17. The Kier molecular flexibility index (Phi) is 7.03. The summed E-state index contributed by atoms with van der Waals surface area (Å²) >= 11 is 0. The van der Waals surface area contributed by atoms with Gasteiger partial charge < -0.3 is 15.3 Å². The highest BCUT2D eigenvalue weighted by atomic mass is 16.3. The zero-order chi connectivity index (χ0) is 16.8. The van der Waals surface area contributed by atoms with Crippen LogP contribution < -0.4 is 5.32 Å². The summed E-state index contributed by atoms with van der Waals surface area (Å²) in [5.74, 6) is 0.641. The van der Waals surface area contributed by atoms with E-state index in [9.17, 15) is 5.11 Å². The van der Waals surface area contributed by atoms with Gasteiger partial charge in [0.1, 0.15) is 0 Å². The van der Waals surface area contributed by atoms with Crippen LogP contribution in [-0.4, -0.2) is 60.7 Å². The van der Waals surface area contributed by atoms with Crippen LogP contribution in [0.4, 0.5) is 0 Å². The van der Waals surface area contributed by atoms with Crippen LogP contribution in [0.2, 0.25) is 0 Å². The van der Waals surface area contributed by atoms with Crippen LogP contribution in [0, 0.1) is 5.92 Å². The number of aliphatic hydroxyl groups excluding tert-OH is 1. The fraction of sp³-hybridized carbons (Fsp3) is 0.684. The molecule has 0 bridgehead atoms. The van der Waals surface area contributed by atoms with E-state index in [1.807, 2.05) is 12.1 Å². The number of nitrogens with one attached hydrogen (secondary N) is 1. The molecule has 1 aliphatic heterocycles. The summed E-state index contributed by atoms with van der Waals surface area (Å²) in [7, 11) is 2.20. The zero-order valence-corrected chi connectivity index (χ0v) is 15.1. The largest absolute Gasteiger partial charge is 0.392 e. The zero-order valence-electron chi connectivity index (χ0n) is 15.1. The average molecular weight is 319 g/mol. The van der Waals surface area contributed by atoms with Crippen molar-refractivity contribution in [2.24, 2.45) is 5.92 Å². The third-order valence-electron chi connectivity index (χ3n) is 5.04. The topological polar surface area (TPSA) is 38.7 Å². The van der Waals surface area contributed by atoms with Gasteiger partial charge in [0.2, 0.25) is 0 Å². The number of hydrogen-bond donors (Lipinski definition) is 2. The van der Waals surface area contributed by atoms with E-state index < -0.39 is 0 Å². The van der Waals surface area contributed by atoms with Crippen LogP contribution in [0.15, 0.2) is 24.3 Å². The lowest BCUT2D eigenvalue weighted by Gasteiger charge is -2.40. The van der Waals surface area contributed by atoms with E-state index in [0.717, 1.165) is 38.3 Å². The fourth-order valence-electron chi connectivity index (χ4n) is 3.32. The molecule has 1 heterocycles. The molecule has 0 aromatic heterocycles. The Morgan fingerprint density at radius 2 is 1.83 bits per heavy atom. The number of likely N-dealkylation sites (N-methyl/N-ethyl adjacent to an activating group) is 1. The van der Waals surface area contributed by atoms with Gasteiger partial charge in [-0.15, -0.1) is 0 Å². The van der Waals surface area contributed by atoms with Crippen LogP contribution in [0.1, 0.15) is 37.9 Å². The maximum absolute atomic E-state index is 9.30. The number of benzene rings is 1. The molecule has 2 rings (SSSR count). The number of aliphatic hydroxyl groups is 1. The molecule has 1 saturated heterocycles. The Morgan fingerprint density at radius 3 is 2.43 bits per heavy atom. The first-order valence-electron chi connectivity index (χ1n) is 8.87. The van der Waals surface area contributed by atoms with E-state index >= 15 is 0 Å². The average Bonchev–Trinajstić information content (AvgIpc) is 2.56. The summed E-state index contributed by atoms with van der Waals surface area (Å²) in [6.45, 7) is 12.6. The van der Waals surface area contributed by atoms with E-state index in [1.54, 1.807) is 0 Å². The van der Waals surface area contributed by atoms with Gasteiger partial charge in [-0.25, -0.2) is 0 Å². The van der Waals surface area contributed by atoms with E-state index in [4.69, 9.17) is 0 Å². The van der Waals surface area contributed by atoms with Crippen LogP contribution in [-0.2, 0) is 6.61 Å². The SMILES string of the molecule is CC(NCC(C(C)C)N1CCN(C)CC1)c1cccc(CO)c1. The van der Waals surface area contributed by atoms with Crippen molar-refractivity contribution in [2.75, 3.05) is 39.8 Å². The van der Waals surface area contributed by atoms with Crippen molar-refractivity contribution in [3.8, 4) is 0 Å². The van der Waals surface area contributed by atoms with Gasteiger partial charge in [0.15, 0.2) is 0 Å². The standard InChI is InChI=1S/C19H33N3O/c1-15(2)19(22-10-8-21(4)9-11-22)13-20-16(3)18-7-5-6-17(12-18)14-23/h5-7,12,15-16,19-20,23H,8-11,13-14H2,1-4H3. The third kappa shape index (κ3) is 5.28. The number of hydrogen-bond acceptors (Lipinski definition) is 4. The summed E-state index contributed by atoms with van der Waals surface area (Å²) in [6.07, 6.45) is 0. The third-order valence-corrected chi connectivity index (χ3v) is 5.04. The molecule has 4 nitrogen and oxygen atoms in total. The summed E-state index contributed by atoms with van der Waals surface area (Å²) < 4.78 is 0. The smallest absolute Gasteiger partial charge is 0.0681 e. The van der Waals surface area contributed by atoms with Gasteiger partial charge >= 0.3 is 0 Å². The first-order valence-corrected chi connectivity index (χ1v) is 8.87. The van der Waals surface area contributed by atoms with E-state index in [2.05, 4.69) is 55.1 Å². The second-order valence-corrected chi connectivity index (χ2v) is 7.18. The normalized spacial score (nSPS) is 19.9. The summed E-state index contributed by atoms with van der Waals surface area (Å²) in [5, 5.41) is 13.0. The van der Waals surface area contributed by atoms with Gasteiger partial charge in [0.25, 0.3) is 0 Å². The first kappa shape index (κ1) is 18.4. The van der Waals surface area contributed by atoms with Gasteiger partial charge in [-0.05, 0) is 31.0 Å². The van der Waals surface area contributed by atoms with Crippen molar-refractivity contribution in [1.82, 2.24) is 15.1 Å². The molecule has 1 fully saturated rings. The predicted molar refractivity (Wildman–Crippen MR) is 96.5 cm³/mol. The minimum Gasteiger partial charge on any atom is -0.392 e. The minimum atomic E-state index is 0.108. The molecule has 1 aromatic rings. The molecule has 1 aromatic carbocycles. The van der Waals surface area contributed by atoms with Gasteiger partial charge in [-0.2, -0.15) is 0 Å². The Bertz CT molecular complexity index is 469. The fourth-order valence-corrected chi connectivity index (χ4v) is 3.32. The monoisotopic (exact) mass is 319 g/mol. The molecular weight excluding hydrogens is 286 g/mol. The lowest BCUT2D eigenvalue weighted by Crippen LogP contribution is -2.53. The number of piperazine rings is 1. The van der Waals surface area contributed by atoms with Crippen molar-refractivity contribution in [3.63, 3.8) is 0 Å². The molecule has 4 heteroatoms. The molecule has 0 spiro atoms. The Hall–Kier alpha value is -0.940. The molecule has 130 valence electrons. The van der Waals surface area contributed by atoms with Gasteiger partial charge in [0, 0.05) is 44.8 Å². The number of rotatable bonds is 7. The van der Waals surface area contributed by atoms with Crippen LogP contribution in [0.3, 0.4) is 0 Å². The van der Waals surface area contributed by atoms with Crippen LogP contribution in [0.5, 0.6) is 0 Å². The summed E-state index contributed by atoms with van der Waals surface area (Å²) in [4.78, 5) is 5.04. The molecule has 2 N–H and O–H groups in total. The van der Waals surface area contributed by atoms with E-state index in [1.165, 1.54) is 5.56 Å². The van der Waals surface area contributed by atoms with Crippen molar-refractivity contribution in [3.05, 3.63) is 35.4 Å². The van der Waals surface area contributed by atoms with Crippen molar-refractivity contribution >= 4 is 0 Å². The van der Waals surface area contributed by atoms with Crippen molar-refractivity contribution < 1.29 is 5.11 Å². The van der Waals surface area contributed by atoms with Gasteiger partial charge in [-0.1, -0.05) is 38.1 Å². The first-order chi connectivity index (χ1) is 11.0. The van der Waals surface area contributed by atoms with Crippen LogP contribution >= 0.6 is 0 Å². The van der Waals surface area contributed by atoms with E-state index in [-0.39, 0.29) is 6.61 Å². The number of nitrogens with zero attached hydrogens (tertiary/aromatic N) is 2. The minimum absolute atomic E-state index is 0.108. The highest BCUT2D eigenvalue weighted by Gasteiger charge is 2.25. The van der Waals surface area contributed by atoms with Crippen molar-refractivity contribution in [2.45, 2.75) is 39.5 Å². The highest BCUT2D eigenvalue weighted by molar-refractivity contribution is 5.25. The maximum Gasteiger partial charge on any atom is 0.0681 e. The molecule has 0 saturated carbocycles. The van der Waals surface area contributed by atoms with Crippen LogP contribution in [0.25, 0.3) is 0 Å². The molecule has 0 radical (unpaired) electrons. The van der Waals surface area contributed by atoms with E-state index in [0.29, 0.717) is 18.0 Å². The molecule has 2 atom stereocenters. The molecule has 2 unspecified atom stereocenters. The molecule has 0 aliphatic carbocycles. The quantitative estimate of drug-likeness (QED) is 0.807. The Balaban J connectivity index is 1.92. The maximum atomic E-state index is 9.30. The summed E-state index contributed by atoms with van der Waals surface area (Å²) in [5.41, 5.74) is 2.23. The lowest BCUT2D eigenvalue weighted by atomic mass is 10.00. The molecule has 1 aliphatic rings. The predicted octanol–water partition coefficient (Wildman–Crippen LogP) is 2.10. The second kappa shape index (κ2) is 8.78. The van der Waals surface area contributed by atoms with Gasteiger partial charge in [0.05, 0.1) is 6.61 Å². The van der Waals surface area contributed by atoms with Gasteiger partial charge in [-0.3, -0.25) is 4.90 Å². The molecule has 23 heavy (non-hydrogen) atoms. The molecular formula is C19H33N3O. The Labute approximate surface area is 141 Å². The Morgan fingerprint density at radius 1 is 1.13 bits per heavy atom. The van der Waals surface area contributed by atoms with Crippen molar-refractivity contribution in [1.29, 1.82) is 0 Å². The second-order valence-electron chi connectivity index (χ2n) is 7.18. The summed E-state index contributed by atoms with van der Waals surface area (Å²) in [6, 6.07) is 9.11. The molecule has 0 amide bonds.